The Kier molecular flexibility index (Phi) is 7.11. The SMILES string of the molecule is NC(=O)C1C[C@H](C2CCC(n3ccc(OCCCOC(F)(F)F)n3)CC2)c2ccccc2O1. The number of para-hydroxylation sites is 1. The van der Waals surface area contributed by atoms with Gasteiger partial charge in [0.25, 0.3) is 5.91 Å². The van der Waals surface area contributed by atoms with Crippen LogP contribution in [0.2, 0.25) is 0 Å². The van der Waals surface area contributed by atoms with Crippen LogP contribution in [0.15, 0.2) is 36.5 Å². The number of alkyl halides is 3. The van der Waals surface area contributed by atoms with Gasteiger partial charge in [-0.2, -0.15) is 0 Å². The fraction of sp³-hybridized carbons (Fsp3) is 0.565. The number of hydrogen-bond donors (Lipinski definition) is 1. The van der Waals surface area contributed by atoms with Crippen LogP contribution < -0.4 is 15.2 Å². The normalized spacial score (nSPS) is 25.2. The van der Waals surface area contributed by atoms with Crippen LogP contribution in [0, 0.1) is 5.92 Å². The zero-order valence-electron chi connectivity index (χ0n) is 18.2. The molecule has 0 saturated heterocycles. The number of aromatic nitrogens is 2. The topological polar surface area (TPSA) is 88.6 Å². The lowest BCUT2D eigenvalue weighted by atomic mass is 9.72. The summed E-state index contributed by atoms with van der Waals surface area (Å²) in [4.78, 5) is 11.8. The number of halogens is 3. The minimum Gasteiger partial charge on any atom is -0.480 e. The van der Waals surface area contributed by atoms with Gasteiger partial charge in [-0.1, -0.05) is 18.2 Å². The Bertz CT molecular complexity index is 941. The van der Waals surface area contributed by atoms with Gasteiger partial charge in [0.2, 0.25) is 5.88 Å². The summed E-state index contributed by atoms with van der Waals surface area (Å²) < 4.78 is 52.8. The van der Waals surface area contributed by atoms with Gasteiger partial charge in [0, 0.05) is 25.1 Å². The molecule has 1 unspecified atom stereocenters. The lowest BCUT2D eigenvalue weighted by molar-refractivity contribution is -0.324. The molecule has 180 valence electrons. The van der Waals surface area contributed by atoms with E-state index in [4.69, 9.17) is 15.2 Å². The summed E-state index contributed by atoms with van der Waals surface area (Å²) in [5.41, 5.74) is 6.68. The van der Waals surface area contributed by atoms with Crippen LogP contribution in [0.5, 0.6) is 11.6 Å². The minimum absolute atomic E-state index is 0.101. The predicted molar refractivity (Wildman–Crippen MR) is 113 cm³/mol. The average Bonchev–Trinajstić information content (AvgIpc) is 3.26. The standard InChI is InChI=1S/C23H28F3N3O4/c24-23(25,26)32-13-3-12-31-21-10-11-29(28-21)16-8-6-15(7-9-16)18-14-20(22(27)30)33-19-5-2-1-4-17(18)19/h1-2,4-5,10-11,15-16,18,20H,3,6-9,12-14H2,(H2,27,30)/t15?,16?,18-,20?/m1/s1. The number of fused-ring (bicyclic) bond motifs is 1. The molecule has 2 aliphatic rings. The fourth-order valence-corrected chi connectivity index (χ4v) is 4.87. The van der Waals surface area contributed by atoms with Gasteiger partial charge in [0.15, 0.2) is 6.10 Å². The molecule has 2 atom stereocenters. The molecule has 10 heteroatoms. The Morgan fingerprint density at radius 2 is 1.91 bits per heavy atom. The Morgan fingerprint density at radius 1 is 1.15 bits per heavy atom. The number of rotatable bonds is 8. The van der Waals surface area contributed by atoms with Crippen LogP contribution in [0.3, 0.4) is 0 Å². The van der Waals surface area contributed by atoms with Gasteiger partial charge in [-0.3, -0.25) is 14.2 Å². The number of ether oxygens (including phenoxy) is 3. The van der Waals surface area contributed by atoms with Crippen molar-refractivity contribution in [3.63, 3.8) is 0 Å². The second-order valence-corrected chi connectivity index (χ2v) is 8.59. The van der Waals surface area contributed by atoms with E-state index in [0.29, 0.717) is 18.2 Å². The molecule has 2 heterocycles. The first-order valence-corrected chi connectivity index (χ1v) is 11.2. The molecule has 2 aromatic rings. The minimum atomic E-state index is -4.62. The van der Waals surface area contributed by atoms with Crippen molar-refractivity contribution in [1.29, 1.82) is 0 Å². The van der Waals surface area contributed by atoms with E-state index in [2.05, 4.69) is 15.9 Å². The molecule has 7 nitrogen and oxygen atoms in total. The van der Waals surface area contributed by atoms with E-state index >= 15 is 0 Å². The van der Waals surface area contributed by atoms with E-state index in [1.165, 1.54) is 0 Å². The smallest absolute Gasteiger partial charge is 0.480 e. The van der Waals surface area contributed by atoms with Gasteiger partial charge in [0.05, 0.1) is 19.3 Å². The maximum atomic E-state index is 12.0. The van der Waals surface area contributed by atoms with Gasteiger partial charge in [0.1, 0.15) is 5.75 Å². The van der Waals surface area contributed by atoms with E-state index < -0.39 is 25.0 Å². The summed E-state index contributed by atoms with van der Waals surface area (Å²) in [6, 6.07) is 9.81. The van der Waals surface area contributed by atoms with Crippen molar-refractivity contribution in [1.82, 2.24) is 9.78 Å². The summed E-state index contributed by atoms with van der Waals surface area (Å²) in [5, 5.41) is 4.44. The molecule has 2 N–H and O–H groups in total. The molecular formula is C23H28F3N3O4. The van der Waals surface area contributed by atoms with E-state index in [-0.39, 0.29) is 25.0 Å². The molecule has 1 fully saturated rings. The van der Waals surface area contributed by atoms with Crippen LogP contribution in [0.25, 0.3) is 0 Å². The number of carbonyl (C=O) groups is 1. The summed E-state index contributed by atoms with van der Waals surface area (Å²) in [6.45, 7) is -0.343. The molecule has 1 saturated carbocycles. The summed E-state index contributed by atoms with van der Waals surface area (Å²) >= 11 is 0. The molecular weight excluding hydrogens is 439 g/mol. The van der Waals surface area contributed by atoms with E-state index in [1.807, 2.05) is 29.1 Å². The zero-order chi connectivity index (χ0) is 23.4. The van der Waals surface area contributed by atoms with Crippen LogP contribution in [-0.4, -0.2) is 41.4 Å². The van der Waals surface area contributed by atoms with Crippen LogP contribution in [0.1, 0.15) is 56.0 Å². The van der Waals surface area contributed by atoms with Crippen molar-refractivity contribution < 1.29 is 32.2 Å². The third-order valence-corrected chi connectivity index (χ3v) is 6.45. The third kappa shape index (κ3) is 5.98. The highest BCUT2D eigenvalue weighted by atomic mass is 19.4. The summed E-state index contributed by atoms with van der Waals surface area (Å²) in [6.07, 6.45) is 1.19. The number of nitrogens with zero attached hydrogens (tertiary/aromatic N) is 2. The first kappa shape index (κ1) is 23.4. The maximum Gasteiger partial charge on any atom is 0.522 e. The van der Waals surface area contributed by atoms with Crippen molar-refractivity contribution in [3.8, 4) is 11.6 Å². The second kappa shape index (κ2) is 10.0. The first-order chi connectivity index (χ1) is 15.8. The first-order valence-electron chi connectivity index (χ1n) is 11.2. The maximum absolute atomic E-state index is 12.0. The molecule has 1 aromatic carbocycles. The fourth-order valence-electron chi connectivity index (χ4n) is 4.87. The number of primary amides is 1. The van der Waals surface area contributed by atoms with Gasteiger partial charge in [-0.25, -0.2) is 0 Å². The van der Waals surface area contributed by atoms with Crippen LogP contribution >= 0.6 is 0 Å². The number of carbonyl (C=O) groups excluding carboxylic acids is 1. The Labute approximate surface area is 190 Å². The molecule has 0 radical (unpaired) electrons. The van der Waals surface area contributed by atoms with Crippen molar-refractivity contribution in [3.05, 3.63) is 42.1 Å². The van der Waals surface area contributed by atoms with Gasteiger partial charge >= 0.3 is 6.36 Å². The molecule has 1 aliphatic heterocycles. The molecule has 0 spiro atoms. The van der Waals surface area contributed by atoms with Gasteiger partial charge in [-0.05, 0) is 49.1 Å². The van der Waals surface area contributed by atoms with Crippen molar-refractivity contribution >= 4 is 5.91 Å². The zero-order valence-corrected chi connectivity index (χ0v) is 18.2. The molecule has 1 aliphatic carbocycles. The Morgan fingerprint density at radius 3 is 2.64 bits per heavy atom. The van der Waals surface area contributed by atoms with E-state index in [0.717, 1.165) is 37.0 Å². The highest BCUT2D eigenvalue weighted by molar-refractivity contribution is 5.79. The van der Waals surface area contributed by atoms with Crippen molar-refractivity contribution in [2.45, 2.75) is 63.0 Å². The Hall–Kier alpha value is -2.75. The quantitative estimate of drug-likeness (QED) is 0.584. The lowest BCUT2D eigenvalue weighted by Gasteiger charge is -2.38. The monoisotopic (exact) mass is 467 g/mol. The van der Waals surface area contributed by atoms with Crippen molar-refractivity contribution in [2.24, 2.45) is 11.7 Å². The van der Waals surface area contributed by atoms with E-state index in [9.17, 15) is 18.0 Å². The number of hydrogen-bond acceptors (Lipinski definition) is 5. The van der Waals surface area contributed by atoms with E-state index in [1.54, 1.807) is 6.07 Å². The third-order valence-electron chi connectivity index (χ3n) is 6.45. The average molecular weight is 467 g/mol. The largest absolute Gasteiger partial charge is 0.522 e. The number of benzene rings is 1. The number of amides is 1. The lowest BCUT2D eigenvalue weighted by Crippen LogP contribution is -2.39. The second-order valence-electron chi connectivity index (χ2n) is 8.59. The molecule has 4 rings (SSSR count). The Balaban J connectivity index is 1.29. The molecule has 1 aromatic heterocycles. The summed E-state index contributed by atoms with van der Waals surface area (Å²) in [7, 11) is 0. The summed E-state index contributed by atoms with van der Waals surface area (Å²) in [5.74, 6) is 1.36. The molecule has 33 heavy (non-hydrogen) atoms. The number of nitrogens with two attached hydrogens (primary N) is 1. The van der Waals surface area contributed by atoms with Crippen molar-refractivity contribution in [2.75, 3.05) is 13.2 Å². The molecule has 0 bridgehead atoms. The van der Waals surface area contributed by atoms with Crippen LogP contribution in [-0.2, 0) is 9.53 Å². The van der Waals surface area contributed by atoms with Gasteiger partial charge in [-0.15, -0.1) is 18.3 Å². The highest BCUT2D eigenvalue weighted by Crippen LogP contribution is 2.47. The van der Waals surface area contributed by atoms with Crippen LogP contribution in [0.4, 0.5) is 13.2 Å². The highest BCUT2D eigenvalue weighted by Gasteiger charge is 2.37. The molecule has 1 amide bonds. The van der Waals surface area contributed by atoms with Gasteiger partial charge < -0.3 is 15.2 Å². The predicted octanol–water partition coefficient (Wildman–Crippen LogP) is 4.34.